The van der Waals surface area contributed by atoms with Gasteiger partial charge in [-0.05, 0) is 13.3 Å². The second kappa shape index (κ2) is 6.16. The number of ether oxygens (including phenoxy) is 1. The lowest BCUT2D eigenvalue weighted by atomic mass is 10.1. The molecule has 11 heavy (non-hydrogen) atoms. The molecule has 0 aliphatic heterocycles. The lowest BCUT2D eigenvalue weighted by molar-refractivity contribution is -0.144. The molecule has 0 aliphatic rings. The average molecular weight is 161 g/mol. The van der Waals surface area contributed by atoms with Crippen molar-refractivity contribution >= 4 is 5.97 Å². The van der Waals surface area contributed by atoms with E-state index in [0.717, 1.165) is 0 Å². The molecule has 3 heteroatoms. The maximum atomic E-state index is 11.0. The summed E-state index contributed by atoms with van der Waals surface area (Å²) in [7, 11) is 0. The second-order valence-corrected chi connectivity index (χ2v) is 2.25. The van der Waals surface area contributed by atoms with Crippen LogP contribution in [-0.4, -0.2) is 18.6 Å². The van der Waals surface area contributed by atoms with Crippen LogP contribution in [0.4, 0.5) is 0 Å². The predicted octanol–water partition coefficient (Wildman–Crippen LogP) is 1.07. The van der Waals surface area contributed by atoms with E-state index in [0.29, 0.717) is 13.0 Å². The van der Waals surface area contributed by atoms with Crippen LogP contribution in [-0.2, 0) is 9.53 Å². The smallest absolute Gasteiger partial charge is 0.322 e. The molecule has 66 valence electrons. The van der Waals surface area contributed by atoms with Crippen molar-refractivity contribution in [3.63, 3.8) is 0 Å². The summed E-state index contributed by atoms with van der Waals surface area (Å²) in [5, 5.41) is 0. The topological polar surface area (TPSA) is 52.3 Å². The molecule has 0 aromatic carbocycles. The Kier molecular flexibility index (Phi) is 3.98. The zero-order valence-corrected chi connectivity index (χ0v) is 7.09. The van der Waals surface area contributed by atoms with Crippen molar-refractivity contribution in [2.75, 3.05) is 6.61 Å². The van der Waals surface area contributed by atoms with Crippen molar-refractivity contribution < 1.29 is 12.3 Å². The molecule has 0 radical (unpaired) electrons. The molecule has 0 aliphatic carbocycles. The minimum Gasteiger partial charge on any atom is -0.465 e. The molecule has 2 N–H and O–H groups in total. The molecule has 1 unspecified atom stereocenters. The molecule has 0 aromatic rings. The van der Waals surface area contributed by atoms with Crippen LogP contribution in [0.25, 0.3) is 0 Å². The number of hydrogen-bond acceptors (Lipinski definition) is 3. The predicted molar refractivity (Wildman–Crippen MR) is 44.1 cm³/mol. The first-order valence-electron chi connectivity index (χ1n) is 4.79. The van der Waals surface area contributed by atoms with Gasteiger partial charge < -0.3 is 10.5 Å². The molecule has 0 rings (SSSR count). The molecule has 0 bridgehead atoms. The number of rotatable bonds is 5. The van der Waals surface area contributed by atoms with Crippen LogP contribution in [0.1, 0.15) is 35.8 Å². The van der Waals surface area contributed by atoms with E-state index in [1.54, 1.807) is 6.92 Å². The maximum absolute atomic E-state index is 11.0. The minimum atomic E-state index is -1.27. The van der Waals surface area contributed by atoms with E-state index in [2.05, 4.69) is 4.74 Å². The molecule has 0 amide bonds. The van der Waals surface area contributed by atoms with Crippen LogP contribution >= 0.6 is 0 Å². The van der Waals surface area contributed by atoms with Crippen LogP contribution in [0.5, 0.6) is 0 Å². The van der Waals surface area contributed by atoms with Gasteiger partial charge in [-0.15, -0.1) is 0 Å². The van der Waals surface area contributed by atoms with Crippen molar-refractivity contribution in [3.05, 3.63) is 0 Å². The zero-order valence-electron chi connectivity index (χ0n) is 9.09. The molecular formula is C8H17NO2. The highest BCUT2D eigenvalue weighted by Crippen LogP contribution is 1.99. The van der Waals surface area contributed by atoms with Gasteiger partial charge in [-0.2, -0.15) is 0 Å². The van der Waals surface area contributed by atoms with Crippen molar-refractivity contribution in [3.8, 4) is 0 Å². The van der Waals surface area contributed by atoms with Gasteiger partial charge in [0.15, 0.2) is 0 Å². The van der Waals surface area contributed by atoms with Crippen LogP contribution < -0.4 is 5.73 Å². The Morgan fingerprint density at radius 3 is 2.82 bits per heavy atom. The molecule has 0 heterocycles. The summed E-state index contributed by atoms with van der Waals surface area (Å²) in [5.74, 6) is -0.452. The van der Waals surface area contributed by atoms with E-state index >= 15 is 0 Å². The van der Waals surface area contributed by atoms with Gasteiger partial charge in [0.05, 0.1) is 6.61 Å². The second-order valence-electron chi connectivity index (χ2n) is 2.25. The Morgan fingerprint density at radius 2 is 2.36 bits per heavy atom. The van der Waals surface area contributed by atoms with E-state index < -0.39 is 18.4 Å². The Bertz CT molecular complexity index is 168. The molecule has 1 atom stereocenters. The van der Waals surface area contributed by atoms with Gasteiger partial charge in [0.1, 0.15) is 6.04 Å². The summed E-state index contributed by atoms with van der Waals surface area (Å²) < 4.78 is 19.1. The number of esters is 1. The third-order valence-electron chi connectivity index (χ3n) is 1.29. The summed E-state index contributed by atoms with van der Waals surface area (Å²) in [6.45, 7) is 3.49. The van der Waals surface area contributed by atoms with E-state index in [9.17, 15) is 4.79 Å². The molecular weight excluding hydrogens is 142 g/mol. The summed E-state index contributed by atoms with van der Waals surface area (Å²) in [5.41, 5.74) is 5.47. The maximum Gasteiger partial charge on any atom is 0.322 e. The first-order valence-corrected chi connectivity index (χ1v) is 3.79. The highest BCUT2D eigenvalue weighted by atomic mass is 16.5. The average Bonchev–Trinajstić information content (AvgIpc) is 1.99. The van der Waals surface area contributed by atoms with Gasteiger partial charge in [0, 0.05) is 2.74 Å². The van der Waals surface area contributed by atoms with Gasteiger partial charge in [0.25, 0.3) is 0 Å². The monoisotopic (exact) mass is 161 g/mol. The van der Waals surface area contributed by atoms with Crippen LogP contribution in [0.2, 0.25) is 0 Å². The van der Waals surface area contributed by atoms with E-state index in [1.165, 1.54) is 6.92 Å². The molecule has 3 nitrogen and oxygen atoms in total. The van der Waals surface area contributed by atoms with Gasteiger partial charge in [-0.3, -0.25) is 4.79 Å². The summed E-state index contributed by atoms with van der Waals surface area (Å²) >= 11 is 0. The molecule has 0 aromatic heterocycles. The Labute approximate surface area is 70.7 Å². The molecule has 0 spiro atoms. The van der Waals surface area contributed by atoms with Gasteiger partial charge in [-0.25, -0.2) is 0 Å². The lowest BCUT2D eigenvalue weighted by Gasteiger charge is -2.08. The fraction of sp³-hybridized carbons (Fsp3) is 0.875. The third kappa shape index (κ3) is 4.79. The summed E-state index contributed by atoms with van der Waals surface area (Å²) in [4.78, 5) is 11.0. The van der Waals surface area contributed by atoms with Gasteiger partial charge >= 0.3 is 5.97 Å². The summed E-state index contributed by atoms with van der Waals surface area (Å²) in [6.07, 6.45) is -0.681. The molecule has 0 fully saturated rings. The normalized spacial score (nSPS) is 16.6. The Balaban J connectivity index is 3.74. The zero-order chi connectivity index (χ0) is 10.5. The number of nitrogens with two attached hydrogens (primary N) is 1. The minimum absolute atomic E-state index is 0.271. The van der Waals surface area contributed by atoms with Crippen molar-refractivity contribution in [2.45, 2.75) is 39.1 Å². The standard InChI is InChI=1S/C8H17NO2/c1-3-5-6-7(9)8(10)11-4-2/h7H,3-6,9H2,1-2H3/i3D2. The van der Waals surface area contributed by atoms with E-state index in [-0.39, 0.29) is 6.42 Å². The molecule has 0 saturated heterocycles. The number of carbonyl (C=O) groups is 1. The Morgan fingerprint density at radius 1 is 1.73 bits per heavy atom. The SMILES string of the molecule is [2H]C([2H])(C)CCC(N)C(=O)OCC. The quantitative estimate of drug-likeness (QED) is 0.613. The van der Waals surface area contributed by atoms with E-state index in [1.807, 2.05) is 0 Å². The van der Waals surface area contributed by atoms with Crippen LogP contribution in [0.3, 0.4) is 0 Å². The van der Waals surface area contributed by atoms with Crippen LogP contribution in [0, 0.1) is 0 Å². The van der Waals surface area contributed by atoms with E-state index in [4.69, 9.17) is 8.48 Å². The lowest BCUT2D eigenvalue weighted by Crippen LogP contribution is -2.32. The van der Waals surface area contributed by atoms with Crippen molar-refractivity contribution in [1.82, 2.24) is 0 Å². The fourth-order valence-corrected chi connectivity index (χ4v) is 0.667. The summed E-state index contributed by atoms with van der Waals surface area (Å²) in [6, 6.07) is -0.699. The van der Waals surface area contributed by atoms with Crippen molar-refractivity contribution in [2.24, 2.45) is 5.73 Å². The highest BCUT2D eigenvalue weighted by molar-refractivity contribution is 5.75. The van der Waals surface area contributed by atoms with Crippen molar-refractivity contribution in [1.29, 1.82) is 0 Å². The number of hydrogen-bond donors (Lipinski definition) is 1. The third-order valence-corrected chi connectivity index (χ3v) is 1.29. The van der Waals surface area contributed by atoms with Gasteiger partial charge in [0.2, 0.25) is 0 Å². The molecule has 0 saturated carbocycles. The largest absolute Gasteiger partial charge is 0.465 e. The fourth-order valence-electron chi connectivity index (χ4n) is 0.667. The van der Waals surface area contributed by atoms with Crippen LogP contribution in [0.15, 0.2) is 0 Å². The Hall–Kier alpha value is -0.570. The first-order chi connectivity index (χ1) is 5.87. The number of carbonyl (C=O) groups excluding carboxylic acids is 1. The highest BCUT2D eigenvalue weighted by Gasteiger charge is 2.12. The van der Waals surface area contributed by atoms with Gasteiger partial charge in [-0.1, -0.05) is 19.7 Å². The first kappa shape index (κ1) is 7.10.